The van der Waals surface area contributed by atoms with Crippen molar-refractivity contribution in [3.8, 4) is 11.5 Å². The van der Waals surface area contributed by atoms with Gasteiger partial charge in [0.05, 0.1) is 19.3 Å². The topological polar surface area (TPSA) is 27.7 Å². The Bertz CT molecular complexity index is 757. The van der Waals surface area contributed by atoms with E-state index in [2.05, 4.69) is 0 Å². The molecule has 0 aromatic heterocycles. The molecule has 0 N–H and O–H groups in total. The third-order valence-electron chi connectivity index (χ3n) is 4.71. The first-order valence-electron chi connectivity index (χ1n) is 9.47. The van der Waals surface area contributed by atoms with Gasteiger partial charge in [-0.1, -0.05) is 12.1 Å². The molecule has 2 aromatic rings. The van der Waals surface area contributed by atoms with Gasteiger partial charge in [0, 0.05) is 12.8 Å². The van der Waals surface area contributed by atoms with Crippen LogP contribution in [0.4, 0.5) is 8.78 Å². The summed E-state index contributed by atoms with van der Waals surface area (Å²) in [4.78, 5) is 0. The van der Waals surface area contributed by atoms with Crippen LogP contribution in [0.25, 0.3) is 0 Å². The van der Waals surface area contributed by atoms with Crippen LogP contribution >= 0.6 is 0 Å². The number of ether oxygens (including phenoxy) is 3. The van der Waals surface area contributed by atoms with Crippen molar-refractivity contribution >= 4 is 0 Å². The van der Waals surface area contributed by atoms with Gasteiger partial charge in [-0.3, -0.25) is 0 Å². The molecule has 3 nitrogen and oxygen atoms in total. The van der Waals surface area contributed by atoms with Crippen LogP contribution in [-0.4, -0.2) is 25.4 Å². The Morgan fingerprint density at radius 2 is 1.74 bits per heavy atom. The molecule has 0 radical (unpaired) electrons. The number of rotatable bonds is 7. The highest BCUT2D eigenvalue weighted by atomic mass is 19.1. The predicted octanol–water partition coefficient (Wildman–Crippen LogP) is 5.23. The summed E-state index contributed by atoms with van der Waals surface area (Å²) in [5.41, 5.74) is 1.72. The van der Waals surface area contributed by atoms with Gasteiger partial charge >= 0.3 is 0 Å². The predicted molar refractivity (Wildman–Crippen MR) is 100 cm³/mol. The van der Waals surface area contributed by atoms with E-state index in [1.807, 2.05) is 26.0 Å². The Kier molecular flexibility index (Phi) is 6.67. The van der Waals surface area contributed by atoms with Gasteiger partial charge in [-0.15, -0.1) is 0 Å². The Labute approximate surface area is 159 Å². The van der Waals surface area contributed by atoms with E-state index < -0.39 is 0 Å². The maximum absolute atomic E-state index is 14.3. The summed E-state index contributed by atoms with van der Waals surface area (Å²) >= 11 is 0. The van der Waals surface area contributed by atoms with Gasteiger partial charge in [0.2, 0.25) is 0 Å². The van der Waals surface area contributed by atoms with Crippen LogP contribution in [-0.2, 0) is 11.2 Å². The lowest BCUT2D eigenvalue weighted by Gasteiger charge is -2.23. The van der Waals surface area contributed by atoms with Gasteiger partial charge in [-0.2, -0.15) is 0 Å². The van der Waals surface area contributed by atoms with E-state index in [0.717, 1.165) is 24.0 Å². The van der Waals surface area contributed by atoms with E-state index in [4.69, 9.17) is 14.2 Å². The summed E-state index contributed by atoms with van der Waals surface area (Å²) in [6.45, 7) is 5.03. The molecule has 0 amide bonds. The van der Waals surface area contributed by atoms with Crippen molar-refractivity contribution in [2.45, 2.75) is 51.7 Å². The zero-order valence-electron chi connectivity index (χ0n) is 15.8. The molecule has 27 heavy (non-hydrogen) atoms. The Morgan fingerprint density at radius 1 is 1.04 bits per heavy atom. The average Bonchev–Trinajstić information content (AvgIpc) is 2.65. The van der Waals surface area contributed by atoms with Crippen molar-refractivity contribution < 1.29 is 23.0 Å². The van der Waals surface area contributed by atoms with E-state index >= 15 is 0 Å². The highest BCUT2D eigenvalue weighted by Gasteiger charge is 2.17. The minimum Gasteiger partial charge on any atom is -0.488 e. The van der Waals surface area contributed by atoms with Crippen molar-refractivity contribution in [1.82, 2.24) is 0 Å². The Balaban J connectivity index is 1.52. The fraction of sp³-hybridized carbons (Fsp3) is 0.455. The molecule has 1 aliphatic rings. The second-order valence-corrected chi connectivity index (χ2v) is 7.10. The third kappa shape index (κ3) is 5.67. The second kappa shape index (κ2) is 9.18. The number of benzene rings is 2. The Hall–Kier alpha value is -2.14. The van der Waals surface area contributed by atoms with Crippen molar-refractivity contribution in [2.75, 3.05) is 13.2 Å². The van der Waals surface area contributed by atoms with Gasteiger partial charge in [0.25, 0.3) is 0 Å². The normalized spacial score (nSPS) is 16.1. The van der Waals surface area contributed by atoms with Crippen molar-refractivity contribution in [3.05, 3.63) is 59.2 Å². The molecule has 1 heterocycles. The molecule has 1 saturated heterocycles. The fourth-order valence-electron chi connectivity index (χ4n) is 3.12. The molecule has 146 valence electrons. The first-order valence-corrected chi connectivity index (χ1v) is 9.47. The summed E-state index contributed by atoms with van der Waals surface area (Å²) in [5, 5.41) is 0. The lowest BCUT2D eigenvalue weighted by atomic mass is 10.1. The highest BCUT2D eigenvalue weighted by Crippen LogP contribution is 2.24. The van der Waals surface area contributed by atoms with E-state index in [-0.39, 0.29) is 35.3 Å². The maximum atomic E-state index is 14.3. The molecular weight excluding hydrogens is 350 g/mol. The molecule has 0 bridgehead atoms. The molecule has 1 aliphatic heterocycles. The van der Waals surface area contributed by atoms with Crippen molar-refractivity contribution in [3.63, 3.8) is 0 Å². The molecule has 2 aromatic carbocycles. The van der Waals surface area contributed by atoms with Gasteiger partial charge in [-0.25, -0.2) is 8.78 Å². The largest absolute Gasteiger partial charge is 0.488 e. The van der Waals surface area contributed by atoms with Gasteiger partial charge in [0.1, 0.15) is 6.10 Å². The average molecular weight is 376 g/mol. The molecular formula is C22H26F2O3. The highest BCUT2D eigenvalue weighted by molar-refractivity contribution is 5.30. The lowest BCUT2D eigenvalue weighted by Crippen LogP contribution is -2.26. The quantitative estimate of drug-likeness (QED) is 0.662. The zero-order chi connectivity index (χ0) is 19.2. The summed E-state index contributed by atoms with van der Waals surface area (Å²) < 4.78 is 44.9. The van der Waals surface area contributed by atoms with E-state index in [0.29, 0.717) is 26.1 Å². The number of halogens is 2. The lowest BCUT2D eigenvalue weighted by molar-refractivity contribution is 0.0240. The minimum absolute atomic E-state index is 0.0110. The maximum Gasteiger partial charge on any atom is 0.165 e. The number of aryl methyl sites for hydroxylation is 2. The van der Waals surface area contributed by atoms with Crippen LogP contribution in [0.2, 0.25) is 0 Å². The van der Waals surface area contributed by atoms with E-state index in [1.54, 1.807) is 12.1 Å². The fourth-order valence-corrected chi connectivity index (χ4v) is 3.12. The van der Waals surface area contributed by atoms with Crippen LogP contribution in [0.3, 0.4) is 0 Å². The molecule has 5 heteroatoms. The third-order valence-corrected chi connectivity index (χ3v) is 4.71. The van der Waals surface area contributed by atoms with E-state index in [9.17, 15) is 8.78 Å². The van der Waals surface area contributed by atoms with Crippen LogP contribution in [0.5, 0.6) is 11.5 Å². The van der Waals surface area contributed by atoms with Crippen LogP contribution in [0.1, 0.15) is 37.3 Å². The number of hydrogen-bond acceptors (Lipinski definition) is 3. The minimum atomic E-state index is -0.359. The van der Waals surface area contributed by atoms with Crippen molar-refractivity contribution in [1.29, 1.82) is 0 Å². The molecule has 0 spiro atoms. The molecule has 0 saturated carbocycles. The second-order valence-electron chi connectivity index (χ2n) is 7.10. The zero-order valence-corrected chi connectivity index (χ0v) is 15.8. The molecule has 3 rings (SSSR count). The summed E-state index contributed by atoms with van der Waals surface area (Å²) in [6, 6.07) is 9.98. The molecule has 1 atom stereocenters. The summed E-state index contributed by atoms with van der Waals surface area (Å²) in [6.07, 6.45) is 2.70. The van der Waals surface area contributed by atoms with E-state index in [1.165, 1.54) is 12.1 Å². The summed E-state index contributed by atoms with van der Waals surface area (Å²) in [5.74, 6) is -0.171. The van der Waals surface area contributed by atoms with Gasteiger partial charge < -0.3 is 14.2 Å². The smallest absolute Gasteiger partial charge is 0.165 e. The molecule has 1 unspecified atom stereocenters. The Morgan fingerprint density at radius 3 is 2.44 bits per heavy atom. The summed E-state index contributed by atoms with van der Waals surface area (Å²) in [7, 11) is 0. The monoisotopic (exact) mass is 376 g/mol. The first-order chi connectivity index (χ1) is 13.0. The van der Waals surface area contributed by atoms with Gasteiger partial charge in [0.15, 0.2) is 23.1 Å². The molecule has 1 fully saturated rings. The first kappa shape index (κ1) is 19.6. The van der Waals surface area contributed by atoms with Gasteiger partial charge in [-0.05, 0) is 62.1 Å². The van der Waals surface area contributed by atoms with Crippen LogP contribution in [0, 0.1) is 18.6 Å². The SMILES string of the molecule is Cc1ccc(OC(C)CCc2ccc(OC3CCOCC3)c(F)c2)c(F)c1. The standard InChI is InChI=1S/C22H26F2O3/c1-15-3-7-21(19(23)13-15)26-16(2)4-5-17-6-8-22(20(24)14-17)27-18-9-11-25-12-10-18/h3,6-8,13-14,16,18H,4-5,9-12H2,1-2H3. The molecule has 0 aliphatic carbocycles. The van der Waals surface area contributed by atoms with Crippen molar-refractivity contribution in [2.24, 2.45) is 0 Å². The number of hydrogen-bond donors (Lipinski definition) is 0. The van der Waals surface area contributed by atoms with Crippen LogP contribution in [0.15, 0.2) is 36.4 Å². The van der Waals surface area contributed by atoms with Crippen LogP contribution < -0.4 is 9.47 Å².